The minimum absolute atomic E-state index is 0.0487. The highest BCUT2D eigenvalue weighted by atomic mass is 16.5. The Hall–Kier alpha value is -0.610. The summed E-state index contributed by atoms with van der Waals surface area (Å²) < 4.78 is 5.04. The van der Waals surface area contributed by atoms with E-state index in [1.807, 2.05) is 13.8 Å². The van der Waals surface area contributed by atoms with E-state index in [2.05, 4.69) is 17.6 Å². The number of hydrogen-bond acceptors (Lipinski definition) is 3. The second-order valence-corrected chi connectivity index (χ2v) is 4.37. The summed E-state index contributed by atoms with van der Waals surface area (Å²) in [6, 6.07) is 0. The molecule has 0 unspecified atom stereocenters. The van der Waals surface area contributed by atoms with E-state index < -0.39 is 0 Å². The second-order valence-electron chi connectivity index (χ2n) is 4.37. The van der Waals surface area contributed by atoms with E-state index in [9.17, 15) is 4.79 Å². The van der Waals surface area contributed by atoms with Crippen LogP contribution in [0, 0.1) is 0 Å². The molecule has 0 bridgehead atoms. The summed E-state index contributed by atoms with van der Waals surface area (Å²) in [4.78, 5) is 11.4. The lowest BCUT2D eigenvalue weighted by molar-refractivity contribution is -0.120. The summed E-state index contributed by atoms with van der Waals surface area (Å²) in [5, 5.41) is 6.01. The summed E-state index contributed by atoms with van der Waals surface area (Å²) in [5.41, 5.74) is -0.156. The highest BCUT2D eigenvalue weighted by Gasteiger charge is 2.17. The van der Waals surface area contributed by atoms with Gasteiger partial charge in [-0.2, -0.15) is 0 Å². The van der Waals surface area contributed by atoms with Crippen molar-refractivity contribution < 1.29 is 9.53 Å². The number of amides is 1. The Labute approximate surface area is 92.8 Å². The van der Waals surface area contributed by atoms with Gasteiger partial charge in [-0.25, -0.2) is 0 Å². The minimum atomic E-state index is -0.156. The molecule has 90 valence electrons. The first-order valence-electron chi connectivity index (χ1n) is 5.52. The lowest BCUT2D eigenvalue weighted by Crippen LogP contribution is -2.48. The van der Waals surface area contributed by atoms with Gasteiger partial charge in [0.15, 0.2) is 0 Å². The molecule has 0 radical (unpaired) electrons. The molecule has 0 aromatic carbocycles. The molecule has 0 rings (SSSR count). The minimum Gasteiger partial charge on any atom is -0.383 e. The van der Waals surface area contributed by atoms with Crippen LogP contribution in [0.5, 0.6) is 0 Å². The first-order chi connectivity index (χ1) is 7.02. The Morgan fingerprint density at radius 3 is 2.60 bits per heavy atom. The van der Waals surface area contributed by atoms with Crippen LogP contribution in [0.2, 0.25) is 0 Å². The Morgan fingerprint density at radius 1 is 1.40 bits per heavy atom. The van der Waals surface area contributed by atoms with E-state index >= 15 is 0 Å². The van der Waals surface area contributed by atoms with Gasteiger partial charge in [-0.1, -0.05) is 13.3 Å². The number of carbonyl (C=O) groups is 1. The predicted molar refractivity (Wildman–Crippen MR) is 61.9 cm³/mol. The van der Waals surface area contributed by atoms with Gasteiger partial charge >= 0.3 is 0 Å². The topological polar surface area (TPSA) is 50.4 Å². The quantitative estimate of drug-likeness (QED) is 0.593. The smallest absolute Gasteiger partial charge is 0.233 e. The Kier molecular flexibility index (Phi) is 7.34. The van der Waals surface area contributed by atoms with Gasteiger partial charge in [-0.05, 0) is 20.3 Å². The molecule has 0 aromatic rings. The third-order valence-electron chi connectivity index (χ3n) is 2.09. The van der Waals surface area contributed by atoms with Crippen molar-refractivity contribution >= 4 is 5.91 Å². The zero-order valence-electron chi connectivity index (χ0n) is 10.4. The summed E-state index contributed by atoms with van der Waals surface area (Å²) in [7, 11) is 1.66. The number of unbranched alkanes of at least 4 members (excludes halogenated alkanes) is 1. The average molecular weight is 216 g/mol. The molecule has 0 aliphatic rings. The number of rotatable bonds is 8. The van der Waals surface area contributed by atoms with E-state index in [-0.39, 0.29) is 11.4 Å². The maximum absolute atomic E-state index is 11.4. The van der Waals surface area contributed by atoms with Crippen LogP contribution in [-0.4, -0.2) is 38.3 Å². The monoisotopic (exact) mass is 216 g/mol. The molecule has 15 heavy (non-hydrogen) atoms. The van der Waals surface area contributed by atoms with Crippen molar-refractivity contribution in [2.24, 2.45) is 0 Å². The van der Waals surface area contributed by atoms with Gasteiger partial charge in [0.2, 0.25) is 5.91 Å². The molecule has 0 atom stereocenters. The first-order valence-corrected chi connectivity index (χ1v) is 5.52. The maximum atomic E-state index is 11.4. The van der Waals surface area contributed by atoms with Gasteiger partial charge in [0.1, 0.15) is 0 Å². The molecule has 1 amide bonds. The number of ether oxygens (including phenoxy) is 1. The van der Waals surface area contributed by atoms with Crippen molar-refractivity contribution in [3.05, 3.63) is 0 Å². The molecule has 0 fully saturated rings. The first kappa shape index (κ1) is 14.4. The molecule has 0 aliphatic carbocycles. The van der Waals surface area contributed by atoms with E-state index in [0.29, 0.717) is 13.2 Å². The highest BCUT2D eigenvalue weighted by Crippen LogP contribution is 2.00. The molecule has 2 N–H and O–H groups in total. The van der Waals surface area contributed by atoms with Crippen molar-refractivity contribution in [2.75, 3.05) is 26.8 Å². The van der Waals surface area contributed by atoms with E-state index in [1.165, 1.54) is 0 Å². The van der Waals surface area contributed by atoms with Crippen LogP contribution in [-0.2, 0) is 9.53 Å². The van der Waals surface area contributed by atoms with Crippen LogP contribution in [0.25, 0.3) is 0 Å². The van der Waals surface area contributed by atoms with Crippen molar-refractivity contribution in [3.8, 4) is 0 Å². The molecule has 0 spiro atoms. The fraction of sp³-hybridized carbons (Fsp3) is 0.909. The van der Waals surface area contributed by atoms with E-state index in [4.69, 9.17) is 4.74 Å². The fourth-order valence-electron chi connectivity index (χ4n) is 1.20. The molecule has 0 saturated carbocycles. The summed E-state index contributed by atoms with van der Waals surface area (Å²) in [5.74, 6) is 0.0487. The maximum Gasteiger partial charge on any atom is 0.233 e. The lowest BCUT2D eigenvalue weighted by Gasteiger charge is -2.24. The third-order valence-corrected chi connectivity index (χ3v) is 2.09. The summed E-state index contributed by atoms with van der Waals surface area (Å²) >= 11 is 0. The SMILES string of the molecule is CCCCNC(=O)CNC(C)(C)COC. The zero-order chi connectivity index (χ0) is 11.7. The van der Waals surface area contributed by atoms with Gasteiger partial charge < -0.3 is 15.4 Å². The lowest BCUT2D eigenvalue weighted by atomic mass is 10.1. The standard InChI is InChI=1S/C11H24N2O2/c1-5-6-7-12-10(14)8-13-11(2,3)9-15-4/h13H,5-9H2,1-4H3,(H,12,14). The highest BCUT2D eigenvalue weighted by molar-refractivity contribution is 5.78. The normalized spacial score (nSPS) is 11.5. The fourth-order valence-corrected chi connectivity index (χ4v) is 1.20. The van der Waals surface area contributed by atoms with Crippen LogP contribution >= 0.6 is 0 Å². The molecule has 4 nitrogen and oxygen atoms in total. The summed E-state index contributed by atoms with van der Waals surface area (Å²) in [6.07, 6.45) is 2.14. The van der Waals surface area contributed by atoms with Gasteiger partial charge in [-0.15, -0.1) is 0 Å². The van der Waals surface area contributed by atoms with Crippen molar-refractivity contribution in [1.82, 2.24) is 10.6 Å². The molecule has 0 saturated heterocycles. The largest absolute Gasteiger partial charge is 0.383 e. The van der Waals surface area contributed by atoms with Crippen LogP contribution in [0.3, 0.4) is 0 Å². The van der Waals surface area contributed by atoms with E-state index in [0.717, 1.165) is 19.4 Å². The third kappa shape index (κ3) is 8.39. The average Bonchev–Trinajstić information content (AvgIpc) is 2.15. The Balaban J connectivity index is 3.60. The zero-order valence-corrected chi connectivity index (χ0v) is 10.4. The predicted octanol–water partition coefficient (Wildman–Crippen LogP) is 0.917. The molecule has 0 heterocycles. The number of nitrogens with one attached hydrogen (secondary N) is 2. The van der Waals surface area contributed by atoms with Gasteiger partial charge in [0, 0.05) is 19.2 Å². The van der Waals surface area contributed by atoms with Crippen LogP contribution in [0.15, 0.2) is 0 Å². The van der Waals surface area contributed by atoms with E-state index in [1.54, 1.807) is 7.11 Å². The molecular formula is C11H24N2O2. The number of carbonyl (C=O) groups excluding carboxylic acids is 1. The van der Waals surface area contributed by atoms with Gasteiger partial charge in [0.05, 0.1) is 13.2 Å². The molecule has 4 heteroatoms. The van der Waals surface area contributed by atoms with Crippen LogP contribution < -0.4 is 10.6 Å². The number of methoxy groups -OCH3 is 1. The summed E-state index contributed by atoms with van der Waals surface area (Å²) in [6.45, 7) is 7.83. The second kappa shape index (κ2) is 7.65. The van der Waals surface area contributed by atoms with Gasteiger partial charge in [0.25, 0.3) is 0 Å². The Bertz CT molecular complexity index is 181. The van der Waals surface area contributed by atoms with Crippen molar-refractivity contribution in [2.45, 2.75) is 39.2 Å². The Morgan fingerprint density at radius 2 is 2.07 bits per heavy atom. The van der Waals surface area contributed by atoms with Gasteiger partial charge in [-0.3, -0.25) is 4.79 Å². The van der Waals surface area contributed by atoms with Crippen LogP contribution in [0.4, 0.5) is 0 Å². The van der Waals surface area contributed by atoms with Crippen molar-refractivity contribution in [3.63, 3.8) is 0 Å². The van der Waals surface area contributed by atoms with Crippen molar-refractivity contribution in [1.29, 1.82) is 0 Å². The molecule has 0 aromatic heterocycles. The molecular weight excluding hydrogens is 192 g/mol. The number of hydrogen-bond donors (Lipinski definition) is 2. The molecule has 0 aliphatic heterocycles. The van der Waals surface area contributed by atoms with Crippen LogP contribution in [0.1, 0.15) is 33.6 Å².